The Balaban J connectivity index is 3.28. The molecule has 0 aliphatic rings. The van der Waals surface area contributed by atoms with Crippen LogP contribution < -0.4 is 0 Å². The highest BCUT2D eigenvalue weighted by atomic mass is 79.9. The fourth-order valence-corrected chi connectivity index (χ4v) is 1.92. The van der Waals surface area contributed by atoms with Crippen molar-refractivity contribution in [1.82, 2.24) is 0 Å². The lowest BCUT2D eigenvalue weighted by Crippen LogP contribution is -2.08. The predicted molar refractivity (Wildman–Crippen MR) is 60.7 cm³/mol. The van der Waals surface area contributed by atoms with Gasteiger partial charge in [0.15, 0.2) is 0 Å². The number of carbonyl (C=O) groups is 1. The van der Waals surface area contributed by atoms with Crippen LogP contribution in [0.2, 0.25) is 0 Å². The van der Waals surface area contributed by atoms with Crippen molar-refractivity contribution in [3.8, 4) is 6.07 Å². The fraction of sp³-hybridized carbons (Fsp3) is 0.273. The summed E-state index contributed by atoms with van der Waals surface area (Å²) in [5.41, 5.74) is 0.954. The van der Waals surface area contributed by atoms with Crippen molar-refractivity contribution >= 4 is 21.9 Å². The molecule has 1 N–H and O–H groups in total. The van der Waals surface area contributed by atoms with Gasteiger partial charge in [-0.25, -0.2) is 4.79 Å². The second kappa shape index (κ2) is 5.64. The fourth-order valence-electron chi connectivity index (χ4n) is 1.25. The maximum absolute atomic E-state index is 11.6. The van der Waals surface area contributed by atoms with E-state index in [2.05, 4.69) is 15.9 Å². The first-order valence-electron chi connectivity index (χ1n) is 4.64. The van der Waals surface area contributed by atoms with Crippen LogP contribution in [0, 0.1) is 11.3 Å². The van der Waals surface area contributed by atoms with Crippen molar-refractivity contribution in [1.29, 1.82) is 5.26 Å². The van der Waals surface area contributed by atoms with Gasteiger partial charge >= 0.3 is 5.97 Å². The molecule has 1 aromatic rings. The summed E-state index contributed by atoms with van der Waals surface area (Å²) in [6.45, 7) is 1.76. The summed E-state index contributed by atoms with van der Waals surface area (Å²) in [4.78, 5) is 11.6. The van der Waals surface area contributed by atoms with E-state index >= 15 is 0 Å². The Hall–Kier alpha value is -1.38. The normalized spacial score (nSPS) is 9.62. The van der Waals surface area contributed by atoms with Crippen LogP contribution in [0.15, 0.2) is 16.6 Å². The van der Waals surface area contributed by atoms with Gasteiger partial charge in [0.2, 0.25) is 0 Å². The number of halogens is 1. The van der Waals surface area contributed by atoms with Gasteiger partial charge in [0.05, 0.1) is 24.3 Å². The van der Waals surface area contributed by atoms with Crippen LogP contribution >= 0.6 is 15.9 Å². The van der Waals surface area contributed by atoms with Gasteiger partial charge in [-0.1, -0.05) is 0 Å². The number of nitrogens with zero attached hydrogens (tertiary/aromatic N) is 1. The predicted octanol–water partition coefficient (Wildman–Crippen LogP) is 1.99. The van der Waals surface area contributed by atoms with Gasteiger partial charge in [0.25, 0.3) is 0 Å². The van der Waals surface area contributed by atoms with E-state index in [0.717, 1.165) is 0 Å². The lowest BCUT2D eigenvalue weighted by Gasteiger charge is -2.08. The zero-order chi connectivity index (χ0) is 12.1. The van der Waals surface area contributed by atoms with Crippen molar-refractivity contribution in [2.75, 3.05) is 6.61 Å². The molecule has 0 amide bonds. The van der Waals surface area contributed by atoms with E-state index in [9.17, 15) is 4.79 Å². The maximum atomic E-state index is 11.6. The molecule has 4 nitrogen and oxygen atoms in total. The number of esters is 1. The molecule has 5 heteroatoms. The maximum Gasteiger partial charge on any atom is 0.340 e. The molecule has 0 saturated heterocycles. The molecular formula is C11H10BrNO3. The highest BCUT2D eigenvalue weighted by Gasteiger charge is 2.17. The van der Waals surface area contributed by atoms with E-state index in [1.165, 1.54) is 6.07 Å². The zero-order valence-corrected chi connectivity index (χ0v) is 10.2. The van der Waals surface area contributed by atoms with Crippen molar-refractivity contribution < 1.29 is 14.6 Å². The number of hydrogen-bond donors (Lipinski definition) is 1. The first kappa shape index (κ1) is 12.7. The molecule has 84 valence electrons. The van der Waals surface area contributed by atoms with E-state index in [4.69, 9.17) is 15.1 Å². The van der Waals surface area contributed by atoms with E-state index in [-0.39, 0.29) is 24.3 Å². The molecule has 0 fully saturated rings. The van der Waals surface area contributed by atoms with Gasteiger partial charge in [-0.2, -0.15) is 5.26 Å². The van der Waals surface area contributed by atoms with Crippen LogP contribution in [0.3, 0.4) is 0 Å². The minimum Gasteiger partial charge on any atom is -0.462 e. The van der Waals surface area contributed by atoms with E-state index in [1.54, 1.807) is 13.0 Å². The van der Waals surface area contributed by atoms with E-state index in [0.29, 0.717) is 10.0 Å². The van der Waals surface area contributed by atoms with Crippen LogP contribution in [-0.2, 0) is 11.3 Å². The van der Waals surface area contributed by atoms with Crippen LogP contribution in [-0.4, -0.2) is 17.7 Å². The number of carbonyl (C=O) groups excluding carboxylic acids is 1. The first-order valence-corrected chi connectivity index (χ1v) is 5.43. The SMILES string of the molecule is CCOC(=O)c1c(Br)cc(CO)cc1C#N. The van der Waals surface area contributed by atoms with Crippen molar-refractivity contribution in [2.24, 2.45) is 0 Å². The number of hydrogen-bond acceptors (Lipinski definition) is 4. The van der Waals surface area contributed by atoms with Gasteiger partial charge in [0.1, 0.15) is 6.07 Å². The minimum atomic E-state index is -0.546. The molecule has 0 saturated carbocycles. The molecule has 0 unspecified atom stereocenters. The van der Waals surface area contributed by atoms with Crippen LogP contribution in [0.1, 0.15) is 28.4 Å². The minimum absolute atomic E-state index is 0.184. The van der Waals surface area contributed by atoms with Crippen LogP contribution in [0.25, 0.3) is 0 Å². The van der Waals surface area contributed by atoms with Gasteiger partial charge in [-0.3, -0.25) is 0 Å². The summed E-state index contributed by atoms with van der Waals surface area (Å²) in [7, 11) is 0. The molecule has 0 radical (unpaired) electrons. The highest BCUT2D eigenvalue weighted by molar-refractivity contribution is 9.10. The summed E-state index contributed by atoms with van der Waals surface area (Å²) in [6.07, 6.45) is 0. The number of benzene rings is 1. The lowest BCUT2D eigenvalue weighted by molar-refractivity contribution is 0.0525. The van der Waals surface area contributed by atoms with Gasteiger partial charge in [0, 0.05) is 4.47 Å². The van der Waals surface area contributed by atoms with Gasteiger partial charge in [-0.15, -0.1) is 0 Å². The Morgan fingerprint density at radius 2 is 2.31 bits per heavy atom. The number of aliphatic hydroxyl groups excluding tert-OH is 1. The highest BCUT2D eigenvalue weighted by Crippen LogP contribution is 2.23. The Morgan fingerprint density at radius 3 is 2.81 bits per heavy atom. The third-order valence-corrected chi connectivity index (χ3v) is 2.56. The quantitative estimate of drug-likeness (QED) is 0.862. The number of rotatable bonds is 3. The third-order valence-electron chi connectivity index (χ3n) is 1.93. The lowest BCUT2D eigenvalue weighted by atomic mass is 10.1. The Labute approximate surface area is 102 Å². The van der Waals surface area contributed by atoms with Crippen LogP contribution in [0.5, 0.6) is 0 Å². The number of nitriles is 1. The Morgan fingerprint density at radius 1 is 1.62 bits per heavy atom. The summed E-state index contributed by atoms with van der Waals surface area (Å²) < 4.78 is 5.30. The topological polar surface area (TPSA) is 70.3 Å². The van der Waals surface area contributed by atoms with Crippen LogP contribution in [0.4, 0.5) is 0 Å². The molecule has 0 atom stereocenters. The van der Waals surface area contributed by atoms with Gasteiger partial charge < -0.3 is 9.84 Å². The average Bonchev–Trinajstić information content (AvgIpc) is 2.27. The third kappa shape index (κ3) is 2.60. The molecule has 0 aliphatic heterocycles. The van der Waals surface area contributed by atoms with Crippen molar-refractivity contribution in [2.45, 2.75) is 13.5 Å². The van der Waals surface area contributed by atoms with Crippen molar-refractivity contribution in [3.05, 3.63) is 33.3 Å². The average molecular weight is 284 g/mol. The summed E-state index contributed by atoms with van der Waals surface area (Å²) in [5, 5.41) is 17.9. The molecular weight excluding hydrogens is 274 g/mol. The number of aliphatic hydroxyl groups is 1. The smallest absolute Gasteiger partial charge is 0.340 e. The summed E-state index contributed by atoms with van der Waals surface area (Å²) >= 11 is 3.19. The standard InChI is InChI=1S/C11H10BrNO3/c1-2-16-11(15)10-8(5-13)3-7(6-14)4-9(10)12/h3-4,14H,2,6H2,1H3. The number of ether oxygens (including phenoxy) is 1. The molecule has 0 aromatic heterocycles. The molecule has 0 spiro atoms. The van der Waals surface area contributed by atoms with Crippen molar-refractivity contribution in [3.63, 3.8) is 0 Å². The summed E-state index contributed by atoms with van der Waals surface area (Å²) in [5.74, 6) is -0.546. The largest absolute Gasteiger partial charge is 0.462 e. The van der Waals surface area contributed by atoms with E-state index in [1.807, 2.05) is 6.07 Å². The Kier molecular flexibility index (Phi) is 4.47. The molecule has 0 bridgehead atoms. The second-order valence-corrected chi connectivity index (χ2v) is 3.84. The molecule has 16 heavy (non-hydrogen) atoms. The molecule has 0 heterocycles. The van der Waals surface area contributed by atoms with Gasteiger partial charge in [-0.05, 0) is 40.5 Å². The zero-order valence-electron chi connectivity index (χ0n) is 8.66. The molecule has 1 rings (SSSR count). The second-order valence-electron chi connectivity index (χ2n) is 2.99. The first-order chi connectivity index (χ1) is 7.63. The molecule has 1 aromatic carbocycles. The summed E-state index contributed by atoms with van der Waals surface area (Å²) in [6, 6.07) is 4.97. The van der Waals surface area contributed by atoms with E-state index < -0.39 is 5.97 Å². The monoisotopic (exact) mass is 283 g/mol. The molecule has 0 aliphatic carbocycles. The Bertz CT molecular complexity index is 451.